The lowest BCUT2D eigenvalue weighted by Gasteiger charge is -2.26. The molecule has 1 aliphatic rings. The predicted molar refractivity (Wildman–Crippen MR) is 94.9 cm³/mol. The van der Waals surface area contributed by atoms with E-state index in [9.17, 15) is 4.79 Å². The third kappa shape index (κ3) is 3.62. The fourth-order valence-electron chi connectivity index (χ4n) is 3.04. The number of rotatable bonds is 5. The van der Waals surface area contributed by atoms with Crippen LogP contribution in [0, 0.1) is 0 Å². The first-order valence-corrected chi connectivity index (χ1v) is 8.36. The number of ether oxygens (including phenoxy) is 1. The molecule has 1 aromatic carbocycles. The summed E-state index contributed by atoms with van der Waals surface area (Å²) in [5.41, 5.74) is 0.451. The molecule has 1 atom stereocenters. The zero-order chi connectivity index (χ0) is 16.9. The summed E-state index contributed by atoms with van der Waals surface area (Å²) in [6.07, 6.45) is 3.92. The molecule has 1 saturated heterocycles. The molecule has 0 radical (unpaired) electrons. The molecule has 2 heterocycles. The maximum absolute atomic E-state index is 12.5. The molecule has 5 nitrogen and oxygen atoms in total. The van der Waals surface area contributed by atoms with Crippen molar-refractivity contribution in [1.29, 1.82) is 0 Å². The number of nitrogens with zero attached hydrogens (tertiary/aromatic N) is 2. The fraction of sp³-hybridized carbons (Fsp3) is 0.333. The Morgan fingerprint density at radius 3 is 3.04 bits per heavy atom. The minimum Gasteiger partial charge on any atom is -0.496 e. The van der Waals surface area contributed by atoms with Gasteiger partial charge in [-0.2, -0.15) is 0 Å². The highest BCUT2D eigenvalue weighted by atomic mass is 35.5. The lowest BCUT2D eigenvalue weighted by atomic mass is 10.1. The Hall–Kier alpha value is -2.27. The van der Waals surface area contributed by atoms with Gasteiger partial charge in [-0.25, -0.2) is 4.98 Å². The summed E-state index contributed by atoms with van der Waals surface area (Å²) in [4.78, 5) is 19.1. The summed E-state index contributed by atoms with van der Waals surface area (Å²) in [6.45, 7) is 1.52. The Morgan fingerprint density at radius 2 is 2.29 bits per heavy atom. The van der Waals surface area contributed by atoms with Gasteiger partial charge in [0.05, 0.1) is 12.7 Å². The van der Waals surface area contributed by atoms with Crippen LogP contribution in [0.15, 0.2) is 42.6 Å². The van der Waals surface area contributed by atoms with Gasteiger partial charge >= 0.3 is 0 Å². The average Bonchev–Trinajstić information content (AvgIpc) is 3.09. The standard InChI is InChI=1S/C18H20ClN3O2/c1-24-16-8-7-13(19)11-15(16)18(23)21-12-14-5-4-10-22(14)17-6-2-3-9-20-17/h2-3,6-9,11,14H,4-5,10,12H2,1H3,(H,21,23)/t14-/m0/s1. The first kappa shape index (κ1) is 16.6. The highest BCUT2D eigenvalue weighted by molar-refractivity contribution is 6.31. The van der Waals surface area contributed by atoms with Gasteiger partial charge in [0.25, 0.3) is 5.91 Å². The molecule has 6 heteroatoms. The van der Waals surface area contributed by atoms with E-state index in [1.54, 1.807) is 31.5 Å². The summed E-state index contributed by atoms with van der Waals surface area (Å²) in [5.74, 6) is 1.29. The van der Waals surface area contributed by atoms with Gasteiger partial charge in [0, 0.05) is 30.4 Å². The summed E-state index contributed by atoms with van der Waals surface area (Å²) in [6, 6.07) is 11.2. The van der Waals surface area contributed by atoms with Crippen LogP contribution in [0.2, 0.25) is 5.02 Å². The van der Waals surface area contributed by atoms with E-state index in [0.29, 0.717) is 22.9 Å². The molecule has 0 aliphatic carbocycles. The SMILES string of the molecule is COc1ccc(Cl)cc1C(=O)NC[C@@H]1CCCN1c1ccccn1. The molecule has 126 valence electrons. The monoisotopic (exact) mass is 345 g/mol. The summed E-state index contributed by atoms with van der Waals surface area (Å²) >= 11 is 6.00. The third-order valence-electron chi connectivity index (χ3n) is 4.23. The van der Waals surface area contributed by atoms with E-state index in [0.717, 1.165) is 25.2 Å². The lowest BCUT2D eigenvalue weighted by molar-refractivity contribution is 0.0948. The zero-order valence-electron chi connectivity index (χ0n) is 13.5. The number of hydrogen-bond donors (Lipinski definition) is 1. The number of benzene rings is 1. The second-order valence-electron chi connectivity index (χ2n) is 5.73. The number of amides is 1. The second kappa shape index (κ2) is 7.53. The zero-order valence-corrected chi connectivity index (χ0v) is 14.3. The first-order chi connectivity index (χ1) is 11.7. The maximum atomic E-state index is 12.5. The Balaban J connectivity index is 1.67. The van der Waals surface area contributed by atoms with Crippen molar-refractivity contribution in [3.05, 3.63) is 53.2 Å². The molecule has 2 aromatic rings. The van der Waals surface area contributed by atoms with Gasteiger partial charge < -0.3 is 15.0 Å². The van der Waals surface area contributed by atoms with Crippen molar-refractivity contribution < 1.29 is 9.53 Å². The van der Waals surface area contributed by atoms with E-state index in [4.69, 9.17) is 16.3 Å². The number of pyridine rings is 1. The molecule has 0 saturated carbocycles. The van der Waals surface area contributed by atoms with Gasteiger partial charge in [0.15, 0.2) is 0 Å². The largest absolute Gasteiger partial charge is 0.496 e. The van der Waals surface area contributed by atoms with Gasteiger partial charge in [-0.15, -0.1) is 0 Å². The molecule has 1 aromatic heterocycles. The minimum absolute atomic E-state index is 0.178. The van der Waals surface area contributed by atoms with Crippen LogP contribution in [0.3, 0.4) is 0 Å². The van der Waals surface area contributed by atoms with Crippen molar-refractivity contribution >= 4 is 23.3 Å². The molecule has 1 aliphatic heterocycles. The van der Waals surface area contributed by atoms with E-state index in [2.05, 4.69) is 15.2 Å². The third-order valence-corrected chi connectivity index (χ3v) is 4.46. The number of carbonyl (C=O) groups is 1. The highest BCUT2D eigenvalue weighted by Gasteiger charge is 2.26. The Labute approximate surface area is 146 Å². The van der Waals surface area contributed by atoms with E-state index < -0.39 is 0 Å². The van der Waals surface area contributed by atoms with E-state index in [1.165, 1.54) is 0 Å². The molecule has 0 unspecified atom stereocenters. The van der Waals surface area contributed by atoms with Crippen LogP contribution in [0.4, 0.5) is 5.82 Å². The maximum Gasteiger partial charge on any atom is 0.255 e. The van der Waals surface area contributed by atoms with Crippen molar-refractivity contribution in [1.82, 2.24) is 10.3 Å². The topological polar surface area (TPSA) is 54.5 Å². The van der Waals surface area contributed by atoms with Gasteiger partial charge in [-0.1, -0.05) is 17.7 Å². The number of hydrogen-bond acceptors (Lipinski definition) is 4. The van der Waals surface area contributed by atoms with Crippen molar-refractivity contribution in [2.45, 2.75) is 18.9 Å². The van der Waals surface area contributed by atoms with E-state index in [1.807, 2.05) is 18.2 Å². The Kier molecular flexibility index (Phi) is 5.20. The molecular formula is C18H20ClN3O2. The van der Waals surface area contributed by atoms with Gasteiger partial charge in [0.2, 0.25) is 0 Å². The van der Waals surface area contributed by atoms with Gasteiger partial charge in [0.1, 0.15) is 11.6 Å². The van der Waals surface area contributed by atoms with Crippen molar-refractivity contribution in [2.24, 2.45) is 0 Å². The molecule has 24 heavy (non-hydrogen) atoms. The first-order valence-electron chi connectivity index (χ1n) is 7.98. The molecular weight excluding hydrogens is 326 g/mol. The molecule has 1 fully saturated rings. The van der Waals surface area contributed by atoms with E-state index >= 15 is 0 Å². The van der Waals surface area contributed by atoms with Crippen LogP contribution in [0.1, 0.15) is 23.2 Å². The lowest BCUT2D eigenvalue weighted by Crippen LogP contribution is -2.40. The summed E-state index contributed by atoms with van der Waals surface area (Å²) < 4.78 is 5.24. The van der Waals surface area contributed by atoms with Crippen LogP contribution in [-0.2, 0) is 0 Å². The molecule has 1 amide bonds. The van der Waals surface area contributed by atoms with Gasteiger partial charge in [-0.3, -0.25) is 4.79 Å². The number of carbonyl (C=O) groups excluding carboxylic acids is 1. The molecule has 3 rings (SSSR count). The van der Waals surface area contributed by atoms with Crippen LogP contribution in [0.5, 0.6) is 5.75 Å². The number of halogens is 1. The van der Waals surface area contributed by atoms with Crippen LogP contribution in [0.25, 0.3) is 0 Å². The van der Waals surface area contributed by atoms with Gasteiger partial charge in [-0.05, 0) is 43.2 Å². The Bertz CT molecular complexity index is 709. The van der Waals surface area contributed by atoms with E-state index in [-0.39, 0.29) is 11.9 Å². The number of anilines is 1. The molecule has 1 N–H and O–H groups in total. The minimum atomic E-state index is -0.178. The Morgan fingerprint density at radius 1 is 1.42 bits per heavy atom. The van der Waals surface area contributed by atoms with Crippen molar-refractivity contribution in [3.63, 3.8) is 0 Å². The van der Waals surface area contributed by atoms with Crippen LogP contribution in [-0.4, -0.2) is 37.1 Å². The van der Waals surface area contributed by atoms with Crippen molar-refractivity contribution in [2.75, 3.05) is 25.1 Å². The second-order valence-corrected chi connectivity index (χ2v) is 6.17. The summed E-state index contributed by atoms with van der Waals surface area (Å²) in [5, 5.41) is 3.51. The normalized spacial score (nSPS) is 16.9. The van der Waals surface area contributed by atoms with Crippen LogP contribution < -0.4 is 15.0 Å². The number of nitrogens with one attached hydrogen (secondary N) is 1. The number of aromatic nitrogens is 1. The smallest absolute Gasteiger partial charge is 0.255 e. The molecule has 0 spiro atoms. The predicted octanol–water partition coefficient (Wildman–Crippen LogP) is 3.14. The fourth-order valence-corrected chi connectivity index (χ4v) is 3.21. The highest BCUT2D eigenvalue weighted by Crippen LogP contribution is 2.24. The molecule has 0 bridgehead atoms. The summed E-state index contributed by atoms with van der Waals surface area (Å²) in [7, 11) is 1.54. The average molecular weight is 346 g/mol. The van der Waals surface area contributed by atoms with Crippen molar-refractivity contribution in [3.8, 4) is 5.75 Å². The van der Waals surface area contributed by atoms with Crippen LogP contribution >= 0.6 is 11.6 Å². The number of methoxy groups -OCH3 is 1. The quantitative estimate of drug-likeness (QED) is 0.904.